The first-order valence-electron chi connectivity index (χ1n) is 11.0. The highest BCUT2D eigenvalue weighted by atomic mass is 32.2. The van der Waals surface area contributed by atoms with Crippen LogP contribution in [0.1, 0.15) is 5.56 Å². The number of anilines is 2. The Morgan fingerprint density at radius 2 is 1.83 bits per heavy atom. The van der Waals surface area contributed by atoms with Gasteiger partial charge in [0.2, 0.25) is 5.13 Å². The first kappa shape index (κ1) is 23.8. The number of hydrogen-bond donors (Lipinski definition) is 1. The molecule has 1 aliphatic heterocycles. The third-order valence-corrected chi connectivity index (χ3v) is 8.28. The third-order valence-electron chi connectivity index (χ3n) is 5.60. The molecule has 1 aliphatic rings. The number of carbonyl (C=O) groups excluding carboxylic acids is 1. The van der Waals surface area contributed by atoms with E-state index in [2.05, 4.69) is 15.5 Å². The van der Waals surface area contributed by atoms with Gasteiger partial charge < -0.3 is 9.47 Å². The average molecular weight is 523 g/mol. The zero-order valence-corrected chi connectivity index (χ0v) is 21.0. The molecule has 36 heavy (non-hydrogen) atoms. The molecular formula is C25H22N4O5S2. The van der Waals surface area contributed by atoms with Crippen LogP contribution in [0.3, 0.4) is 0 Å². The van der Waals surface area contributed by atoms with Gasteiger partial charge in [-0.05, 0) is 48.9 Å². The first-order chi connectivity index (χ1) is 17.3. The van der Waals surface area contributed by atoms with Crippen LogP contribution in [0.25, 0.3) is 10.6 Å². The molecule has 184 valence electrons. The summed E-state index contributed by atoms with van der Waals surface area (Å²) in [5.74, 6) is 0.324. The fourth-order valence-electron chi connectivity index (χ4n) is 3.76. The molecular weight excluding hydrogens is 500 g/mol. The maximum absolute atomic E-state index is 13.6. The van der Waals surface area contributed by atoms with E-state index in [1.54, 1.807) is 30.3 Å². The molecule has 0 aliphatic carbocycles. The molecule has 4 aromatic rings. The minimum Gasteiger partial charge on any atom is -0.497 e. The van der Waals surface area contributed by atoms with Gasteiger partial charge in [0.1, 0.15) is 16.5 Å². The second-order valence-corrected chi connectivity index (χ2v) is 10.9. The minimum atomic E-state index is -3.99. The Kier molecular flexibility index (Phi) is 6.33. The molecule has 1 aromatic heterocycles. The quantitative estimate of drug-likeness (QED) is 0.406. The summed E-state index contributed by atoms with van der Waals surface area (Å²) in [6, 6.07) is 20.8. The molecule has 1 atom stereocenters. The number of nitrogens with zero attached hydrogens (tertiary/aromatic N) is 3. The number of sulfonamides is 1. The predicted molar refractivity (Wildman–Crippen MR) is 137 cm³/mol. The van der Waals surface area contributed by atoms with Gasteiger partial charge in [-0.1, -0.05) is 47.7 Å². The van der Waals surface area contributed by atoms with Crippen molar-refractivity contribution < 1.29 is 22.7 Å². The van der Waals surface area contributed by atoms with Crippen molar-refractivity contribution in [1.82, 2.24) is 10.2 Å². The lowest BCUT2D eigenvalue weighted by Gasteiger charge is -2.34. The van der Waals surface area contributed by atoms with Gasteiger partial charge in [0.25, 0.3) is 15.9 Å². The van der Waals surface area contributed by atoms with Crippen molar-refractivity contribution in [3.05, 3.63) is 78.4 Å². The minimum absolute atomic E-state index is 0.0764. The Morgan fingerprint density at radius 1 is 1.08 bits per heavy atom. The summed E-state index contributed by atoms with van der Waals surface area (Å²) in [5, 5.41) is 11.9. The fourth-order valence-corrected chi connectivity index (χ4v) is 5.99. The normalized spacial score (nSPS) is 15.1. The molecule has 0 radical (unpaired) electrons. The van der Waals surface area contributed by atoms with Crippen molar-refractivity contribution in [3.63, 3.8) is 0 Å². The molecule has 5 rings (SSSR count). The number of rotatable bonds is 6. The Labute approximate surface area is 212 Å². The van der Waals surface area contributed by atoms with Crippen LogP contribution in [-0.2, 0) is 14.8 Å². The van der Waals surface area contributed by atoms with E-state index in [-0.39, 0.29) is 11.4 Å². The van der Waals surface area contributed by atoms with Crippen LogP contribution >= 0.6 is 11.3 Å². The van der Waals surface area contributed by atoms with Crippen molar-refractivity contribution in [2.75, 3.05) is 23.3 Å². The summed E-state index contributed by atoms with van der Waals surface area (Å²) >= 11 is 1.22. The molecule has 1 amide bonds. The zero-order chi connectivity index (χ0) is 25.3. The van der Waals surface area contributed by atoms with Gasteiger partial charge in [0.15, 0.2) is 6.10 Å². The van der Waals surface area contributed by atoms with Gasteiger partial charge in [-0.25, -0.2) is 8.42 Å². The molecule has 11 heteroatoms. The lowest BCUT2D eigenvalue weighted by Crippen LogP contribution is -2.48. The van der Waals surface area contributed by atoms with E-state index in [1.807, 2.05) is 37.3 Å². The highest BCUT2D eigenvalue weighted by Gasteiger charge is 2.38. The smallest absolute Gasteiger partial charge is 0.269 e. The van der Waals surface area contributed by atoms with Crippen LogP contribution in [-0.4, -0.2) is 44.3 Å². The van der Waals surface area contributed by atoms with E-state index < -0.39 is 22.0 Å². The number of aryl methyl sites for hydroxylation is 1. The van der Waals surface area contributed by atoms with E-state index in [0.717, 1.165) is 11.1 Å². The van der Waals surface area contributed by atoms with Crippen molar-refractivity contribution in [2.24, 2.45) is 0 Å². The average Bonchev–Trinajstić information content (AvgIpc) is 3.36. The third kappa shape index (κ3) is 4.62. The summed E-state index contributed by atoms with van der Waals surface area (Å²) in [6.07, 6.45) is -1.10. The molecule has 0 spiro atoms. The number of hydrogen-bond acceptors (Lipinski definition) is 8. The number of benzene rings is 3. The van der Waals surface area contributed by atoms with E-state index >= 15 is 0 Å². The fraction of sp³-hybridized carbons (Fsp3) is 0.160. The van der Waals surface area contributed by atoms with Gasteiger partial charge >= 0.3 is 0 Å². The van der Waals surface area contributed by atoms with Crippen LogP contribution in [0.5, 0.6) is 11.5 Å². The zero-order valence-electron chi connectivity index (χ0n) is 19.4. The van der Waals surface area contributed by atoms with E-state index in [1.165, 1.54) is 34.9 Å². The number of amides is 1. The number of ether oxygens (including phenoxy) is 2. The second kappa shape index (κ2) is 9.59. The number of methoxy groups -OCH3 is 1. The predicted octanol–water partition coefficient (Wildman–Crippen LogP) is 4.12. The first-order valence-corrected chi connectivity index (χ1v) is 13.2. The van der Waals surface area contributed by atoms with Gasteiger partial charge in [-0.15, -0.1) is 10.2 Å². The standard InChI is InChI=1S/C25H22N4O5S2/c1-16-8-13-20-21(14-16)34-22(15-29(20)36(31,32)19-11-9-18(33-2)10-12-19)23(30)26-25-28-27-24(35-25)17-6-4-3-5-7-17/h3-14,22H,15H2,1-2H3,(H,26,28,30)/t22-/m0/s1. The van der Waals surface area contributed by atoms with Gasteiger partial charge in [-0.3, -0.25) is 14.4 Å². The molecule has 9 nitrogen and oxygen atoms in total. The maximum Gasteiger partial charge on any atom is 0.269 e. The Bertz CT molecular complexity index is 1510. The lowest BCUT2D eigenvalue weighted by molar-refractivity contribution is -0.122. The highest BCUT2D eigenvalue weighted by Crippen LogP contribution is 2.38. The summed E-state index contributed by atoms with van der Waals surface area (Å²) in [7, 11) is -2.48. The molecule has 0 bridgehead atoms. The van der Waals surface area contributed by atoms with Gasteiger partial charge in [0, 0.05) is 5.56 Å². The number of nitrogens with one attached hydrogen (secondary N) is 1. The molecule has 0 saturated heterocycles. The van der Waals surface area contributed by atoms with Crippen molar-refractivity contribution in [3.8, 4) is 22.1 Å². The van der Waals surface area contributed by atoms with E-state index in [4.69, 9.17) is 9.47 Å². The second-order valence-electron chi connectivity index (χ2n) is 8.06. The SMILES string of the molecule is COc1ccc(S(=O)(=O)N2C[C@@H](C(=O)Nc3nnc(-c4ccccc4)s3)Oc3cc(C)ccc32)cc1. The molecule has 0 fully saturated rings. The molecule has 0 unspecified atom stereocenters. The lowest BCUT2D eigenvalue weighted by atomic mass is 10.1. The molecule has 3 aromatic carbocycles. The Morgan fingerprint density at radius 3 is 2.56 bits per heavy atom. The molecule has 0 saturated carbocycles. The van der Waals surface area contributed by atoms with Gasteiger partial charge in [0.05, 0.1) is 24.2 Å². The van der Waals surface area contributed by atoms with Crippen LogP contribution in [0.4, 0.5) is 10.8 Å². The van der Waals surface area contributed by atoms with Crippen LogP contribution in [0, 0.1) is 6.92 Å². The van der Waals surface area contributed by atoms with Crippen molar-refractivity contribution >= 4 is 38.1 Å². The number of aromatic nitrogens is 2. The van der Waals surface area contributed by atoms with Crippen molar-refractivity contribution in [2.45, 2.75) is 17.9 Å². The topological polar surface area (TPSA) is 111 Å². The summed E-state index contributed by atoms with van der Waals surface area (Å²) in [5.41, 5.74) is 2.11. The van der Waals surface area contributed by atoms with Gasteiger partial charge in [-0.2, -0.15) is 0 Å². The number of fused-ring (bicyclic) bond motifs is 1. The molecule has 1 N–H and O–H groups in total. The highest BCUT2D eigenvalue weighted by molar-refractivity contribution is 7.92. The number of carbonyl (C=O) groups is 1. The Hall–Kier alpha value is -3.96. The molecule has 2 heterocycles. The Balaban J connectivity index is 1.42. The van der Waals surface area contributed by atoms with E-state index in [0.29, 0.717) is 27.3 Å². The summed E-state index contributed by atoms with van der Waals surface area (Å²) in [6.45, 7) is 1.66. The van der Waals surface area contributed by atoms with E-state index in [9.17, 15) is 13.2 Å². The monoisotopic (exact) mass is 522 g/mol. The summed E-state index contributed by atoms with van der Waals surface area (Å²) < 4.78 is 39.5. The van der Waals surface area contributed by atoms with Crippen LogP contribution in [0.15, 0.2) is 77.7 Å². The summed E-state index contributed by atoms with van der Waals surface area (Å²) in [4.78, 5) is 13.2. The van der Waals surface area contributed by atoms with Crippen LogP contribution < -0.4 is 19.1 Å². The largest absolute Gasteiger partial charge is 0.497 e. The van der Waals surface area contributed by atoms with Crippen molar-refractivity contribution in [1.29, 1.82) is 0 Å². The maximum atomic E-state index is 13.6. The van der Waals surface area contributed by atoms with Crippen LogP contribution in [0.2, 0.25) is 0 Å².